The summed E-state index contributed by atoms with van der Waals surface area (Å²) in [5, 5.41) is 1.72. The fourth-order valence-electron chi connectivity index (χ4n) is 3.22. The van der Waals surface area contributed by atoms with Gasteiger partial charge in [0.15, 0.2) is 17.8 Å². The summed E-state index contributed by atoms with van der Waals surface area (Å²) in [6.07, 6.45) is 1.28. The second-order valence-electron chi connectivity index (χ2n) is 6.44. The van der Waals surface area contributed by atoms with Gasteiger partial charge in [-0.3, -0.25) is 9.59 Å². The van der Waals surface area contributed by atoms with Crippen molar-refractivity contribution in [3.8, 4) is 22.1 Å². The molecule has 1 aliphatic heterocycles. The van der Waals surface area contributed by atoms with Crippen LogP contribution in [0.5, 0.6) is 11.5 Å². The van der Waals surface area contributed by atoms with Gasteiger partial charge in [0, 0.05) is 35.3 Å². The molecule has 0 saturated heterocycles. The van der Waals surface area contributed by atoms with E-state index in [4.69, 9.17) is 32.7 Å². The molecule has 6 nitrogen and oxygen atoms in total. The second-order valence-corrected chi connectivity index (χ2v) is 8.28. The summed E-state index contributed by atoms with van der Waals surface area (Å²) >= 11 is 13.6. The Labute approximate surface area is 187 Å². The zero-order valence-electron chi connectivity index (χ0n) is 15.9. The van der Waals surface area contributed by atoms with Crippen LogP contribution >= 0.6 is 34.5 Å². The highest BCUT2D eigenvalue weighted by Crippen LogP contribution is 2.38. The van der Waals surface area contributed by atoms with Gasteiger partial charge in [0.1, 0.15) is 16.5 Å². The van der Waals surface area contributed by atoms with E-state index >= 15 is 0 Å². The van der Waals surface area contributed by atoms with Gasteiger partial charge in [-0.25, -0.2) is 4.98 Å². The number of ether oxygens (including phenoxy) is 2. The largest absolute Gasteiger partial charge is 0.493 e. The fourth-order valence-corrected chi connectivity index (χ4v) is 4.88. The van der Waals surface area contributed by atoms with E-state index in [-0.39, 0.29) is 12.5 Å². The standard InChI is InChI=1S/C21H16Cl2N2O4S/c1-28-18-11-13(3-5-17(18)29-9-8-26)25-7-6-16-19(21(25)27)30-20(24-16)14-4-2-12(22)10-15(14)23/h2-5,8,10-11H,6-7,9H2,1H3. The van der Waals surface area contributed by atoms with Crippen LogP contribution in [0.1, 0.15) is 15.4 Å². The molecule has 30 heavy (non-hydrogen) atoms. The van der Waals surface area contributed by atoms with Crippen LogP contribution in [0.15, 0.2) is 36.4 Å². The molecule has 0 fully saturated rings. The predicted molar refractivity (Wildman–Crippen MR) is 118 cm³/mol. The van der Waals surface area contributed by atoms with Crippen molar-refractivity contribution in [3.05, 3.63) is 57.0 Å². The van der Waals surface area contributed by atoms with E-state index in [2.05, 4.69) is 4.98 Å². The normalized spacial score (nSPS) is 13.2. The molecule has 0 aliphatic carbocycles. The third-order valence-corrected chi connectivity index (χ3v) is 6.30. The number of rotatable bonds is 6. The zero-order chi connectivity index (χ0) is 21.3. The van der Waals surface area contributed by atoms with Gasteiger partial charge >= 0.3 is 0 Å². The SMILES string of the molecule is COc1cc(N2CCc3nc(-c4ccc(Cl)cc4Cl)sc3C2=O)ccc1OCC=O. The second kappa shape index (κ2) is 8.63. The van der Waals surface area contributed by atoms with E-state index in [9.17, 15) is 9.59 Å². The molecule has 0 N–H and O–H groups in total. The van der Waals surface area contributed by atoms with Crippen molar-refractivity contribution in [2.45, 2.75) is 6.42 Å². The molecule has 0 unspecified atom stereocenters. The van der Waals surface area contributed by atoms with Crippen molar-refractivity contribution in [3.63, 3.8) is 0 Å². The molecule has 2 heterocycles. The van der Waals surface area contributed by atoms with Crippen LogP contribution in [0.4, 0.5) is 5.69 Å². The molecule has 1 aromatic heterocycles. The predicted octanol–water partition coefficient (Wildman–Crippen LogP) is 4.91. The molecule has 3 aromatic rings. The van der Waals surface area contributed by atoms with Gasteiger partial charge in [-0.15, -0.1) is 11.3 Å². The highest BCUT2D eigenvalue weighted by Gasteiger charge is 2.30. The van der Waals surface area contributed by atoms with Crippen LogP contribution in [0.25, 0.3) is 10.6 Å². The van der Waals surface area contributed by atoms with Crippen LogP contribution in [0.2, 0.25) is 10.0 Å². The first kappa shape index (κ1) is 20.7. The number of amides is 1. The maximum atomic E-state index is 13.2. The smallest absolute Gasteiger partial charge is 0.270 e. The minimum Gasteiger partial charge on any atom is -0.493 e. The topological polar surface area (TPSA) is 68.7 Å². The average Bonchev–Trinajstić information content (AvgIpc) is 3.17. The number of hydrogen-bond donors (Lipinski definition) is 0. The summed E-state index contributed by atoms with van der Waals surface area (Å²) in [6, 6.07) is 10.4. The van der Waals surface area contributed by atoms with Gasteiger partial charge in [0.25, 0.3) is 5.91 Å². The minimum absolute atomic E-state index is 0.0708. The number of benzene rings is 2. The Bertz CT molecular complexity index is 1130. The van der Waals surface area contributed by atoms with E-state index in [1.165, 1.54) is 18.4 Å². The van der Waals surface area contributed by atoms with Crippen LogP contribution < -0.4 is 14.4 Å². The number of halogens is 2. The van der Waals surface area contributed by atoms with Crippen LogP contribution in [-0.4, -0.2) is 37.4 Å². The van der Waals surface area contributed by atoms with E-state index in [1.807, 2.05) is 0 Å². The van der Waals surface area contributed by atoms with Gasteiger partial charge in [0.2, 0.25) is 0 Å². The molecule has 0 atom stereocenters. The number of hydrogen-bond acceptors (Lipinski definition) is 6. The van der Waals surface area contributed by atoms with E-state index < -0.39 is 0 Å². The quantitative estimate of drug-likeness (QED) is 0.486. The highest BCUT2D eigenvalue weighted by atomic mass is 35.5. The Kier molecular flexibility index (Phi) is 5.94. The number of nitrogens with zero attached hydrogens (tertiary/aromatic N) is 2. The lowest BCUT2D eigenvalue weighted by Crippen LogP contribution is -2.36. The van der Waals surface area contributed by atoms with Crippen molar-refractivity contribution in [2.24, 2.45) is 0 Å². The summed E-state index contributed by atoms with van der Waals surface area (Å²) in [4.78, 5) is 30.6. The Morgan fingerprint density at radius 3 is 2.77 bits per heavy atom. The molecule has 1 amide bonds. The maximum Gasteiger partial charge on any atom is 0.270 e. The lowest BCUT2D eigenvalue weighted by Gasteiger charge is -2.26. The molecule has 0 spiro atoms. The number of anilines is 1. The average molecular weight is 463 g/mol. The molecule has 154 valence electrons. The minimum atomic E-state index is -0.131. The first-order chi connectivity index (χ1) is 14.5. The number of aromatic nitrogens is 1. The Morgan fingerprint density at radius 2 is 2.03 bits per heavy atom. The number of aldehydes is 1. The number of methoxy groups -OCH3 is 1. The van der Waals surface area contributed by atoms with Crippen molar-refractivity contribution >= 4 is 52.4 Å². The zero-order valence-corrected chi connectivity index (χ0v) is 18.2. The Balaban J connectivity index is 1.64. The summed E-state index contributed by atoms with van der Waals surface area (Å²) < 4.78 is 10.7. The fraction of sp³-hybridized carbons (Fsp3) is 0.190. The summed E-state index contributed by atoms with van der Waals surface area (Å²) in [5.41, 5.74) is 2.19. The van der Waals surface area contributed by atoms with Crippen molar-refractivity contribution in [1.29, 1.82) is 0 Å². The first-order valence-electron chi connectivity index (χ1n) is 9.03. The number of carbonyl (C=O) groups excluding carboxylic acids is 2. The summed E-state index contributed by atoms with van der Waals surface area (Å²) in [6.45, 7) is 0.416. The maximum absolute atomic E-state index is 13.2. The summed E-state index contributed by atoms with van der Waals surface area (Å²) in [5.74, 6) is 0.760. The first-order valence-corrected chi connectivity index (χ1v) is 10.6. The van der Waals surface area contributed by atoms with Crippen LogP contribution in [-0.2, 0) is 11.2 Å². The van der Waals surface area contributed by atoms with Gasteiger partial charge in [0.05, 0.1) is 17.8 Å². The van der Waals surface area contributed by atoms with Crippen LogP contribution in [0.3, 0.4) is 0 Å². The van der Waals surface area contributed by atoms with Gasteiger partial charge in [-0.2, -0.15) is 0 Å². The highest BCUT2D eigenvalue weighted by molar-refractivity contribution is 7.17. The number of fused-ring (bicyclic) bond motifs is 1. The molecule has 0 bridgehead atoms. The third kappa shape index (κ3) is 3.88. The summed E-state index contributed by atoms with van der Waals surface area (Å²) in [7, 11) is 1.51. The monoisotopic (exact) mass is 462 g/mol. The van der Waals surface area contributed by atoms with Crippen LogP contribution in [0, 0.1) is 0 Å². The Hall–Kier alpha value is -2.61. The molecule has 1 aliphatic rings. The van der Waals surface area contributed by atoms with Gasteiger partial charge in [-0.05, 0) is 30.3 Å². The third-order valence-electron chi connectivity index (χ3n) is 4.64. The molecular formula is C21H16Cl2N2O4S. The molecule has 2 aromatic carbocycles. The molecule has 0 radical (unpaired) electrons. The van der Waals surface area contributed by atoms with Gasteiger partial charge < -0.3 is 14.4 Å². The number of thiazole rings is 1. The van der Waals surface area contributed by atoms with Gasteiger partial charge in [-0.1, -0.05) is 23.2 Å². The number of carbonyl (C=O) groups is 2. The van der Waals surface area contributed by atoms with E-state index in [1.54, 1.807) is 41.3 Å². The molecule has 4 rings (SSSR count). The molecular weight excluding hydrogens is 447 g/mol. The molecule has 0 saturated carbocycles. The van der Waals surface area contributed by atoms with Crippen molar-refractivity contribution in [2.75, 3.05) is 25.2 Å². The van der Waals surface area contributed by atoms with E-state index in [0.29, 0.717) is 56.4 Å². The molecule has 9 heteroatoms. The van der Waals surface area contributed by atoms with E-state index in [0.717, 1.165) is 11.3 Å². The van der Waals surface area contributed by atoms with Crippen molar-refractivity contribution in [1.82, 2.24) is 4.98 Å². The lowest BCUT2D eigenvalue weighted by atomic mass is 10.1. The Morgan fingerprint density at radius 1 is 1.20 bits per heavy atom. The van der Waals surface area contributed by atoms with Crippen molar-refractivity contribution < 1.29 is 19.1 Å². The lowest BCUT2D eigenvalue weighted by molar-refractivity contribution is -0.109.